The van der Waals surface area contributed by atoms with E-state index in [1.165, 1.54) is 0 Å². The average Bonchev–Trinajstić information content (AvgIpc) is 3.08. The fourth-order valence-electron chi connectivity index (χ4n) is 1.61. The Morgan fingerprint density at radius 2 is 1.94 bits per heavy atom. The highest BCUT2D eigenvalue weighted by atomic mass is 16.2. The molecule has 0 atom stereocenters. The maximum absolute atomic E-state index is 11.8. The molecule has 0 unspecified atom stereocenters. The predicted octanol–water partition coefficient (Wildman–Crippen LogP) is -0.996. The zero-order chi connectivity index (χ0) is 13.5. The van der Waals surface area contributed by atoms with Crippen LogP contribution in [0.25, 0.3) is 0 Å². The van der Waals surface area contributed by atoms with Crippen LogP contribution in [0.4, 0.5) is 0 Å². The van der Waals surface area contributed by atoms with E-state index in [-0.39, 0.29) is 24.9 Å². The van der Waals surface area contributed by atoms with Crippen LogP contribution >= 0.6 is 0 Å². The summed E-state index contributed by atoms with van der Waals surface area (Å²) in [4.78, 5) is 26.7. The molecule has 2 amide bonds. The van der Waals surface area contributed by atoms with E-state index in [2.05, 4.69) is 5.32 Å². The molecule has 18 heavy (non-hydrogen) atoms. The largest absolute Gasteiger partial charge is 0.352 e. The molecule has 0 radical (unpaired) electrons. The van der Waals surface area contributed by atoms with E-state index in [0.717, 1.165) is 19.3 Å². The van der Waals surface area contributed by atoms with Crippen LogP contribution in [0.1, 0.15) is 19.3 Å². The lowest BCUT2D eigenvalue weighted by Crippen LogP contribution is -2.42. The van der Waals surface area contributed by atoms with E-state index in [0.29, 0.717) is 19.1 Å². The third-order valence-electron chi connectivity index (χ3n) is 2.88. The van der Waals surface area contributed by atoms with Crippen molar-refractivity contribution in [3.63, 3.8) is 0 Å². The molecule has 6 nitrogen and oxygen atoms in total. The molecule has 1 aliphatic carbocycles. The van der Waals surface area contributed by atoms with Crippen molar-refractivity contribution in [3.8, 4) is 0 Å². The maximum atomic E-state index is 11.8. The standard InChI is InChI=1S/C12H24N4O2/c1-15(8-11(17)14-10-4-5-10)9-12(18)16(2)7-3-6-13/h10H,3-9,13H2,1-2H3,(H,14,17). The second kappa shape index (κ2) is 7.33. The Bertz CT molecular complexity index is 292. The lowest BCUT2D eigenvalue weighted by molar-refractivity contribution is -0.131. The molecule has 0 bridgehead atoms. The van der Waals surface area contributed by atoms with Gasteiger partial charge in [-0.25, -0.2) is 0 Å². The van der Waals surface area contributed by atoms with Crippen LogP contribution in [-0.2, 0) is 9.59 Å². The minimum Gasteiger partial charge on any atom is -0.352 e. The summed E-state index contributed by atoms with van der Waals surface area (Å²) in [6, 6.07) is 0.369. The SMILES string of the molecule is CN(CC(=O)NC1CC1)CC(=O)N(C)CCCN. The smallest absolute Gasteiger partial charge is 0.236 e. The summed E-state index contributed by atoms with van der Waals surface area (Å²) in [6.07, 6.45) is 2.96. The van der Waals surface area contributed by atoms with Crippen molar-refractivity contribution < 1.29 is 9.59 Å². The van der Waals surface area contributed by atoms with Crippen molar-refractivity contribution in [2.75, 3.05) is 40.3 Å². The van der Waals surface area contributed by atoms with E-state index < -0.39 is 0 Å². The molecule has 1 fully saturated rings. The molecule has 6 heteroatoms. The first-order chi connectivity index (χ1) is 8.52. The molecule has 0 aromatic rings. The minimum atomic E-state index is -0.00240. The molecule has 1 aliphatic rings. The molecule has 0 aromatic heterocycles. The third kappa shape index (κ3) is 5.97. The van der Waals surface area contributed by atoms with Crippen molar-refractivity contribution in [2.24, 2.45) is 5.73 Å². The number of hydrogen-bond donors (Lipinski definition) is 2. The van der Waals surface area contributed by atoms with Crippen molar-refractivity contribution >= 4 is 11.8 Å². The molecule has 0 aliphatic heterocycles. The van der Waals surface area contributed by atoms with Crippen LogP contribution in [0.3, 0.4) is 0 Å². The Labute approximate surface area is 108 Å². The van der Waals surface area contributed by atoms with Gasteiger partial charge in [-0.1, -0.05) is 0 Å². The topological polar surface area (TPSA) is 78.7 Å². The van der Waals surface area contributed by atoms with Crippen LogP contribution in [-0.4, -0.2) is 67.9 Å². The zero-order valence-electron chi connectivity index (χ0n) is 11.3. The highest BCUT2D eigenvalue weighted by Gasteiger charge is 2.23. The van der Waals surface area contributed by atoms with Crippen molar-refractivity contribution in [3.05, 3.63) is 0 Å². The van der Waals surface area contributed by atoms with Crippen LogP contribution in [0.15, 0.2) is 0 Å². The maximum Gasteiger partial charge on any atom is 0.236 e. The van der Waals surface area contributed by atoms with Gasteiger partial charge in [-0.05, 0) is 32.9 Å². The van der Waals surface area contributed by atoms with Gasteiger partial charge in [0.15, 0.2) is 0 Å². The lowest BCUT2D eigenvalue weighted by atomic mass is 10.3. The van der Waals surface area contributed by atoms with E-state index >= 15 is 0 Å². The number of nitrogens with two attached hydrogens (primary N) is 1. The van der Waals surface area contributed by atoms with Crippen molar-refractivity contribution in [2.45, 2.75) is 25.3 Å². The van der Waals surface area contributed by atoms with Crippen molar-refractivity contribution in [1.82, 2.24) is 15.1 Å². The quantitative estimate of drug-likeness (QED) is 0.584. The number of likely N-dealkylation sites (N-methyl/N-ethyl adjacent to an activating group) is 2. The highest BCUT2D eigenvalue weighted by Crippen LogP contribution is 2.18. The summed E-state index contributed by atoms with van der Waals surface area (Å²) in [5.74, 6) is 0.0163. The van der Waals surface area contributed by atoms with Gasteiger partial charge < -0.3 is 16.0 Å². The molecular weight excluding hydrogens is 232 g/mol. The number of amides is 2. The highest BCUT2D eigenvalue weighted by molar-refractivity contribution is 5.81. The molecule has 1 rings (SSSR count). The minimum absolute atomic E-state index is 0.00240. The number of nitrogens with zero attached hydrogens (tertiary/aromatic N) is 2. The van der Waals surface area contributed by atoms with Crippen LogP contribution < -0.4 is 11.1 Å². The van der Waals surface area contributed by atoms with Crippen LogP contribution in [0.2, 0.25) is 0 Å². The molecular formula is C12H24N4O2. The normalized spacial score (nSPS) is 14.7. The fraction of sp³-hybridized carbons (Fsp3) is 0.833. The van der Waals surface area contributed by atoms with Gasteiger partial charge in [0.05, 0.1) is 13.1 Å². The molecule has 1 saturated carbocycles. The number of carbonyl (C=O) groups is 2. The van der Waals surface area contributed by atoms with E-state index in [4.69, 9.17) is 5.73 Å². The second-order valence-electron chi connectivity index (χ2n) is 4.97. The van der Waals surface area contributed by atoms with Gasteiger partial charge in [0.2, 0.25) is 11.8 Å². The predicted molar refractivity (Wildman–Crippen MR) is 70.0 cm³/mol. The van der Waals surface area contributed by atoms with E-state index in [1.807, 2.05) is 0 Å². The summed E-state index contributed by atoms with van der Waals surface area (Å²) in [6.45, 7) is 1.78. The molecule has 0 aromatic carbocycles. The van der Waals surface area contributed by atoms with Gasteiger partial charge in [-0.15, -0.1) is 0 Å². The molecule has 0 spiro atoms. The first kappa shape index (κ1) is 14.9. The lowest BCUT2D eigenvalue weighted by Gasteiger charge is -2.21. The fourth-order valence-corrected chi connectivity index (χ4v) is 1.61. The summed E-state index contributed by atoms with van der Waals surface area (Å²) < 4.78 is 0. The Morgan fingerprint density at radius 3 is 2.50 bits per heavy atom. The van der Waals surface area contributed by atoms with Gasteiger partial charge in [0, 0.05) is 19.6 Å². The molecule has 104 valence electrons. The van der Waals surface area contributed by atoms with Crippen LogP contribution in [0.5, 0.6) is 0 Å². The Morgan fingerprint density at radius 1 is 1.28 bits per heavy atom. The van der Waals surface area contributed by atoms with Crippen LogP contribution in [0, 0.1) is 0 Å². The summed E-state index contributed by atoms with van der Waals surface area (Å²) in [7, 11) is 3.54. The summed E-state index contributed by atoms with van der Waals surface area (Å²) in [5.41, 5.74) is 5.40. The van der Waals surface area contributed by atoms with Gasteiger partial charge in [0.1, 0.15) is 0 Å². The molecule has 3 N–H and O–H groups in total. The van der Waals surface area contributed by atoms with Gasteiger partial charge >= 0.3 is 0 Å². The first-order valence-electron chi connectivity index (χ1n) is 6.45. The van der Waals surface area contributed by atoms with Gasteiger partial charge in [-0.2, -0.15) is 0 Å². The summed E-state index contributed by atoms with van der Waals surface area (Å²) >= 11 is 0. The third-order valence-corrected chi connectivity index (χ3v) is 2.88. The number of nitrogens with one attached hydrogen (secondary N) is 1. The Hall–Kier alpha value is -1.14. The molecule has 0 saturated heterocycles. The van der Waals surface area contributed by atoms with E-state index in [1.54, 1.807) is 23.9 Å². The first-order valence-corrected chi connectivity index (χ1v) is 6.45. The number of hydrogen-bond acceptors (Lipinski definition) is 4. The second-order valence-corrected chi connectivity index (χ2v) is 4.97. The van der Waals surface area contributed by atoms with Gasteiger partial charge in [0.25, 0.3) is 0 Å². The Balaban J connectivity index is 2.18. The molecule has 0 heterocycles. The van der Waals surface area contributed by atoms with Crippen molar-refractivity contribution in [1.29, 1.82) is 0 Å². The van der Waals surface area contributed by atoms with Gasteiger partial charge in [-0.3, -0.25) is 14.5 Å². The number of rotatable bonds is 8. The van der Waals surface area contributed by atoms with E-state index in [9.17, 15) is 9.59 Å². The average molecular weight is 256 g/mol. The monoisotopic (exact) mass is 256 g/mol. The summed E-state index contributed by atoms with van der Waals surface area (Å²) in [5, 5.41) is 2.90. The number of carbonyl (C=O) groups excluding carboxylic acids is 2. The Kier molecular flexibility index (Phi) is 6.07. The zero-order valence-corrected chi connectivity index (χ0v) is 11.3.